The summed E-state index contributed by atoms with van der Waals surface area (Å²) in [7, 11) is 0. The van der Waals surface area contributed by atoms with E-state index >= 15 is 0 Å². The molecule has 4 aliphatic rings. The van der Waals surface area contributed by atoms with Gasteiger partial charge in [0.05, 0.1) is 49.2 Å². The van der Waals surface area contributed by atoms with Crippen LogP contribution in [0.1, 0.15) is 19.3 Å². The highest BCUT2D eigenvalue weighted by molar-refractivity contribution is 5.80. The number of piperidine rings is 1. The van der Waals surface area contributed by atoms with E-state index in [1.807, 2.05) is 5.01 Å². The predicted molar refractivity (Wildman–Crippen MR) is 100 cm³/mol. The van der Waals surface area contributed by atoms with Crippen molar-refractivity contribution in [2.24, 2.45) is 17.6 Å². The first kappa shape index (κ1) is 20.0. The molecule has 4 aliphatic heterocycles. The second-order valence-electron chi connectivity index (χ2n) is 8.18. The molecule has 0 bridgehead atoms. The molecule has 0 aromatic rings. The van der Waals surface area contributed by atoms with Gasteiger partial charge in [-0.05, 0) is 25.3 Å². The van der Waals surface area contributed by atoms with Crippen molar-refractivity contribution in [3.8, 4) is 6.07 Å². The molecule has 0 spiro atoms. The van der Waals surface area contributed by atoms with Gasteiger partial charge in [-0.15, -0.1) is 0 Å². The van der Waals surface area contributed by atoms with Crippen LogP contribution in [-0.4, -0.2) is 80.9 Å². The summed E-state index contributed by atoms with van der Waals surface area (Å²) in [5, 5.41) is 20.8. The van der Waals surface area contributed by atoms with Crippen LogP contribution in [0.3, 0.4) is 0 Å². The van der Waals surface area contributed by atoms with Gasteiger partial charge in [0.25, 0.3) is 0 Å². The fraction of sp³-hybridized carbons (Fsp3) is 0.889. The van der Waals surface area contributed by atoms with E-state index in [1.165, 1.54) is 0 Å². The maximum atomic E-state index is 13.1. The maximum Gasteiger partial charge on any atom is 0.229 e. The van der Waals surface area contributed by atoms with Crippen LogP contribution in [0.15, 0.2) is 0 Å². The lowest BCUT2D eigenvalue weighted by atomic mass is 9.96. The van der Waals surface area contributed by atoms with Crippen molar-refractivity contribution in [1.82, 2.24) is 26.4 Å². The van der Waals surface area contributed by atoms with Crippen molar-refractivity contribution in [2.75, 3.05) is 39.4 Å². The molecule has 0 aromatic carbocycles. The van der Waals surface area contributed by atoms with E-state index in [2.05, 4.69) is 27.4 Å². The number of nitrogens with zero attached hydrogens (tertiary/aromatic N) is 2. The Labute approximate surface area is 165 Å². The highest BCUT2D eigenvalue weighted by atomic mass is 16.6. The summed E-state index contributed by atoms with van der Waals surface area (Å²) in [5.74, 6) is -0.235. The van der Waals surface area contributed by atoms with Gasteiger partial charge in [-0.1, -0.05) is 0 Å². The molecule has 0 aliphatic carbocycles. The zero-order valence-corrected chi connectivity index (χ0v) is 16.1. The van der Waals surface area contributed by atoms with E-state index in [9.17, 15) is 4.79 Å². The number of carbonyl (C=O) groups excluding carboxylic acids is 1. The molecule has 156 valence electrons. The van der Waals surface area contributed by atoms with Crippen molar-refractivity contribution in [2.45, 2.75) is 49.8 Å². The van der Waals surface area contributed by atoms with Crippen molar-refractivity contribution in [3.05, 3.63) is 0 Å². The molecule has 6 N–H and O–H groups in total. The van der Waals surface area contributed by atoms with Crippen molar-refractivity contribution < 1.29 is 14.3 Å². The van der Waals surface area contributed by atoms with E-state index < -0.39 is 12.1 Å². The van der Waals surface area contributed by atoms with Gasteiger partial charge in [-0.3, -0.25) is 10.1 Å². The first-order chi connectivity index (χ1) is 13.7. The monoisotopic (exact) mass is 393 g/mol. The third-order valence-corrected chi connectivity index (χ3v) is 6.13. The number of nitrogens with one attached hydrogen (secondary N) is 4. The summed E-state index contributed by atoms with van der Waals surface area (Å²) in [4.78, 5) is 13.1. The van der Waals surface area contributed by atoms with Crippen LogP contribution < -0.4 is 27.1 Å². The van der Waals surface area contributed by atoms with Gasteiger partial charge in [0.2, 0.25) is 5.91 Å². The molecule has 4 fully saturated rings. The fourth-order valence-corrected chi connectivity index (χ4v) is 4.64. The Morgan fingerprint density at radius 2 is 2.29 bits per heavy atom. The van der Waals surface area contributed by atoms with E-state index in [0.29, 0.717) is 32.7 Å². The average molecular weight is 393 g/mol. The van der Waals surface area contributed by atoms with Crippen molar-refractivity contribution >= 4 is 5.91 Å². The number of hydrazine groups is 1. The molecule has 7 unspecified atom stereocenters. The molecule has 10 heteroatoms. The first-order valence-electron chi connectivity index (χ1n) is 10.3. The van der Waals surface area contributed by atoms with E-state index in [1.54, 1.807) is 0 Å². The third-order valence-electron chi connectivity index (χ3n) is 6.13. The molecule has 7 atom stereocenters. The van der Waals surface area contributed by atoms with Gasteiger partial charge in [0.15, 0.2) is 0 Å². The number of nitriles is 1. The van der Waals surface area contributed by atoms with Gasteiger partial charge in [0.1, 0.15) is 0 Å². The van der Waals surface area contributed by atoms with E-state index in [4.69, 9.17) is 20.5 Å². The number of rotatable bonds is 5. The second kappa shape index (κ2) is 9.00. The smallest absolute Gasteiger partial charge is 0.229 e. The molecule has 0 saturated carbocycles. The molecule has 1 amide bonds. The largest absolute Gasteiger partial charge is 0.379 e. The Morgan fingerprint density at radius 3 is 3.07 bits per heavy atom. The Morgan fingerprint density at radius 1 is 1.39 bits per heavy atom. The van der Waals surface area contributed by atoms with Gasteiger partial charge in [-0.25, -0.2) is 10.4 Å². The van der Waals surface area contributed by atoms with E-state index in [-0.39, 0.29) is 36.2 Å². The zero-order chi connectivity index (χ0) is 19.5. The van der Waals surface area contributed by atoms with Crippen LogP contribution >= 0.6 is 0 Å². The highest BCUT2D eigenvalue weighted by Gasteiger charge is 2.47. The summed E-state index contributed by atoms with van der Waals surface area (Å²) in [6, 6.07) is 2.13. The SMILES string of the molecule is N#CCC1CNC2C(C(=O)NC3CNCCC3OC3CCOC3)C(N)NN2C1. The van der Waals surface area contributed by atoms with Crippen LogP contribution in [0, 0.1) is 23.2 Å². The lowest BCUT2D eigenvalue weighted by Gasteiger charge is -2.37. The number of amides is 1. The maximum absolute atomic E-state index is 13.1. The molecule has 4 heterocycles. The Bertz CT molecular complexity index is 594. The average Bonchev–Trinajstić information content (AvgIpc) is 3.30. The van der Waals surface area contributed by atoms with Crippen molar-refractivity contribution in [1.29, 1.82) is 5.26 Å². The second-order valence-corrected chi connectivity index (χ2v) is 8.18. The number of nitrogens with two attached hydrogens (primary N) is 1. The standard InChI is InChI=1S/C18H31N7O3/c19-4-1-11-7-22-17-15(16(20)24-25(17)9-11)18(26)23-13-8-21-5-2-14(13)28-12-3-6-27-10-12/h11-17,21-22,24H,1-3,5-10,20H2,(H,23,26). The highest BCUT2D eigenvalue weighted by Crippen LogP contribution is 2.25. The van der Waals surface area contributed by atoms with Crippen LogP contribution in [0.25, 0.3) is 0 Å². The lowest BCUT2D eigenvalue weighted by Crippen LogP contribution is -2.61. The van der Waals surface area contributed by atoms with Gasteiger partial charge in [-0.2, -0.15) is 5.26 Å². The van der Waals surface area contributed by atoms with Gasteiger partial charge in [0, 0.05) is 32.7 Å². The normalized spacial score (nSPS) is 41.4. The summed E-state index contributed by atoms with van der Waals surface area (Å²) in [6.45, 7) is 4.36. The number of ether oxygens (including phenoxy) is 2. The topological polar surface area (TPSA) is 137 Å². The number of carbonyl (C=O) groups is 1. The third kappa shape index (κ3) is 4.31. The predicted octanol–water partition coefficient (Wildman–Crippen LogP) is -2.18. The summed E-state index contributed by atoms with van der Waals surface area (Å²) in [5.41, 5.74) is 9.45. The van der Waals surface area contributed by atoms with Crippen LogP contribution in [0.5, 0.6) is 0 Å². The lowest BCUT2D eigenvalue weighted by molar-refractivity contribution is -0.130. The molecule has 4 saturated heterocycles. The molecule has 0 radical (unpaired) electrons. The minimum atomic E-state index is -0.461. The van der Waals surface area contributed by atoms with Crippen LogP contribution in [0.2, 0.25) is 0 Å². The molecular formula is C18H31N7O3. The summed E-state index contributed by atoms with van der Waals surface area (Å²) in [6.07, 6.45) is 1.74. The number of hydrogen-bond acceptors (Lipinski definition) is 9. The quantitative estimate of drug-likeness (QED) is 0.353. The molecular weight excluding hydrogens is 362 g/mol. The number of fused-ring (bicyclic) bond motifs is 1. The molecule has 4 rings (SSSR count). The minimum absolute atomic E-state index is 0.0158. The Hall–Kier alpha value is -1.32. The number of hydrogen-bond donors (Lipinski definition) is 5. The zero-order valence-electron chi connectivity index (χ0n) is 16.1. The van der Waals surface area contributed by atoms with E-state index in [0.717, 1.165) is 26.0 Å². The Kier molecular flexibility index (Phi) is 6.42. The van der Waals surface area contributed by atoms with Crippen LogP contribution in [-0.2, 0) is 14.3 Å². The Balaban J connectivity index is 1.36. The summed E-state index contributed by atoms with van der Waals surface area (Å²) >= 11 is 0. The first-order valence-corrected chi connectivity index (χ1v) is 10.3. The van der Waals surface area contributed by atoms with Gasteiger partial charge < -0.3 is 25.8 Å². The molecule has 28 heavy (non-hydrogen) atoms. The minimum Gasteiger partial charge on any atom is -0.379 e. The molecule has 0 aromatic heterocycles. The van der Waals surface area contributed by atoms with Gasteiger partial charge >= 0.3 is 0 Å². The fourth-order valence-electron chi connectivity index (χ4n) is 4.64. The van der Waals surface area contributed by atoms with Crippen molar-refractivity contribution in [3.63, 3.8) is 0 Å². The molecule has 10 nitrogen and oxygen atoms in total. The van der Waals surface area contributed by atoms with Crippen LogP contribution in [0.4, 0.5) is 0 Å². The summed E-state index contributed by atoms with van der Waals surface area (Å²) < 4.78 is 11.6.